The normalized spacial score (nSPS) is 32.5. The van der Waals surface area contributed by atoms with E-state index in [1.165, 1.54) is 0 Å². The van der Waals surface area contributed by atoms with Crippen molar-refractivity contribution >= 4 is 0 Å². The summed E-state index contributed by atoms with van der Waals surface area (Å²) in [4.78, 5) is 2.33. The van der Waals surface area contributed by atoms with Crippen molar-refractivity contribution in [1.29, 1.82) is 0 Å². The summed E-state index contributed by atoms with van der Waals surface area (Å²) in [7, 11) is 0. The number of rotatable bonds is 3. The lowest BCUT2D eigenvalue weighted by Gasteiger charge is -2.11. The van der Waals surface area contributed by atoms with Crippen molar-refractivity contribution in [1.82, 2.24) is 4.90 Å². The van der Waals surface area contributed by atoms with Crippen LogP contribution in [0.5, 0.6) is 0 Å². The fourth-order valence-corrected chi connectivity index (χ4v) is 1.71. The zero-order chi connectivity index (χ0) is 8.27. The zero-order valence-electron chi connectivity index (χ0n) is 7.16. The molecule has 0 aliphatic carbocycles. The first-order chi connectivity index (χ1) is 5.27. The number of aliphatic hydroxyl groups excluding tert-OH is 1. The SMILES string of the molecule is C=CCN1C[C@@H](CO)[C@H](C)C1. The van der Waals surface area contributed by atoms with E-state index in [0.29, 0.717) is 18.4 Å². The standard InChI is InChI=1S/C9H17NO/c1-3-4-10-5-8(2)9(6-10)7-11/h3,8-9,11H,1,4-7H2,2H3/t8-,9+/m1/s1. The summed E-state index contributed by atoms with van der Waals surface area (Å²) in [5.74, 6) is 1.12. The second kappa shape index (κ2) is 3.88. The summed E-state index contributed by atoms with van der Waals surface area (Å²) in [5, 5.41) is 8.97. The molecule has 1 N–H and O–H groups in total. The quantitative estimate of drug-likeness (QED) is 0.607. The second-order valence-electron chi connectivity index (χ2n) is 3.43. The van der Waals surface area contributed by atoms with Crippen molar-refractivity contribution in [3.05, 3.63) is 12.7 Å². The third-order valence-electron chi connectivity index (χ3n) is 2.47. The van der Waals surface area contributed by atoms with E-state index in [4.69, 9.17) is 5.11 Å². The molecule has 2 nitrogen and oxygen atoms in total. The highest BCUT2D eigenvalue weighted by Crippen LogP contribution is 2.21. The van der Waals surface area contributed by atoms with Gasteiger partial charge in [-0.15, -0.1) is 6.58 Å². The predicted octanol–water partition coefficient (Wildman–Crippen LogP) is 0.733. The van der Waals surface area contributed by atoms with Crippen LogP contribution >= 0.6 is 0 Å². The Balaban J connectivity index is 2.36. The average Bonchev–Trinajstić information content (AvgIpc) is 2.32. The molecule has 0 aromatic rings. The van der Waals surface area contributed by atoms with Gasteiger partial charge in [0.05, 0.1) is 0 Å². The van der Waals surface area contributed by atoms with Gasteiger partial charge in [0, 0.05) is 26.2 Å². The number of aliphatic hydroxyl groups is 1. The van der Waals surface area contributed by atoms with E-state index in [1.807, 2.05) is 6.08 Å². The molecule has 0 spiro atoms. The highest BCUT2D eigenvalue weighted by molar-refractivity contribution is 4.84. The molecule has 64 valence electrons. The Hall–Kier alpha value is -0.340. The van der Waals surface area contributed by atoms with Crippen LogP contribution in [0, 0.1) is 11.8 Å². The maximum absolute atomic E-state index is 8.97. The van der Waals surface area contributed by atoms with Gasteiger partial charge in [0.2, 0.25) is 0 Å². The summed E-state index contributed by atoms with van der Waals surface area (Å²) in [6.45, 7) is 9.32. The molecule has 0 aromatic heterocycles. The average molecular weight is 155 g/mol. The maximum Gasteiger partial charge on any atom is 0.0474 e. The Kier molecular flexibility index (Phi) is 3.09. The molecule has 0 bridgehead atoms. The van der Waals surface area contributed by atoms with Crippen molar-refractivity contribution in [3.63, 3.8) is 0 Å². The minimum atomic E-state index is 0.328. The third-order valence-corrected chi connectivity index (χ3v) is 2.47. The van der Waals surface area contributed by atoms with E-state index in [1.54, 1.807) is 0 Å². The molecule has 0 amide bonds. The van der Waals surface area contributed by atoms with Gasteiger partial charge in [-0.25, -0.2) is 0 Å². The first kappa shape index (κ1) is 8.75. The van der Waals surface area contributed by atoms with Crippen molar-refractivity contribution in [2.45, 2.75) is 6.92 Å². The molecule has 1 aliphatic rings. The molecule has 2 atom stereocenters. The molecule has 0 saturated carbocycles. The van der Waals surface area contributed by atoms with Gasteiger partial charge in [-0.1, -0.05) is 13.0 Å². The van der Waals surface area contributed by atoms with Gasteiger partial charge in [-0.3, -0.25) is 4.90 Å². The predicted molar refractivity (Wildman–Crippen MR) is 46.4 cm³/mol. The topological polar surface area (TPSA) is 23.5 Å². The molecule has 2 heteroatoms. The van der Waals surface area contributed by atoms with Crippen LogP contribution in [0.4, 0.5) is 0 Å². The fraction of sp³-hybridized carbons (Fsp3) is 0.778. The summed E-state index contributed by atoms with van der Waals surface area (Å²) in [6, 6.07) is 0. The van der Waals surface area contributed by atoms with Gasteiger partial charge < -0.3 is 5.11 Å². The fourth-order valence-electron chi connectivity index (χ4n) is 1.71. The smallest absolute Gasteiger partial charge is 0.0474 e. The molecular formula is C9H17NO. The summed E-state index contributed by atoms with van der Waals surface area (Å²) < 4.78 is 0. The highest BCUT2D eigenvalue weighted by atomic mass is 16.3. The molecular weight excluding hydrogens is 138 g/mol. The van der Waals surface area contributed by atoms with E-state index in [-0.39, 0.29) is 0 Å². The first-order valence-electron chi connectivity index (χ1n) is 4.22. The van der Waals surface area contributed by atoms with Crippen molar-refractivity contribution in [2.75, 3.05) is 26.2 Å². The Bertz CT molecular complexity index is 136. The second-order valence-corrected chi connectivity index (χ2v) is 3.43. The molecule has 0 unspecified atom stereocenters. The Morgan fingerprint density at radius 2 is 2.36 bits per heavy atom. The lowest BCUT2D eigenvalue weighted by atomic mass is 10.00. The van der Waals surface area contributed by atoms with Gasteiger partial charge in [0.15, 0.2) is 0 Å². The molecule has 1 heterocycles. The molecule has 1 saturated heterocycles. The minimum Gasteiger partial charge on any atom is -0.396 e. The monoisotopic (exact) mass is 155 g/mol. The van der Waals surface area contributed by atoms with E-state index < -0.39 is 0 Å². The largest absolute Gasteiger partial charge is 0.396 e. The van der Waals surface area contributed by atoms with E-state index in [0.717, 1.165) is 19.6 Å². The summed E-state index contributed by atoms with van der Waals surface area (Å²) >= 11 is 0. The number of hydrogen-bond acceptors (Lipinski definition) is 2. The van der Waals surface area contributed by atoms with Crippen LogP contribution in [-0.4, -0.2) is 36.2 Å². The molecule has 11 heavy (non-hydrogen) atoms. The van der Waals surface area contributed by atoms with Gasteiger partial charge in [-0.2, -0.15) is 0 Å². The number of hydrogen-bond donors (Lipinski definition) is 1. The van der Waals surface area contributed by atoms with Crippen LogP contribution in [0.1, 0.15) is 6.92 Å². The van der Waals surface area contributed by atoms with Crippen molar-refractivity contribution in [2.24, 2.45) is 11.8 Å². The summed E-state index contributed by atoms with van der Waals surface area (Å²) in [6.07, 6.45) is 1.92. The van der Waals surface area contributed by atoms with Crippen LogP contribution in [-0.2, 0) is 0 Å². The lowest BCUT2D eigenvalue weighted by Crippen LogP contribution is -2.21. The van der Waals surface area contributed by atoms with Gasteiger partial charge in [0.1, 0.15) is 0 Å². The van der Waals surface area contributed by atoms with Crippen LogP contribution in [0.25, 0.3) is 0 Å². The highest BCUT2D eigenvalue weighted by Gasteiger charge is 2.27. The molecule has 0 radical (unpaired) electrons. The lowest BCUT2D eigenvalue weighted by molar-refractivity contribution is 0.207. The molecule has 1 rings (SSSR count). The first-order valence-corrected chi connectivity index (χ1v) is 4.22. The minimum absolute atomic E-state index is 0.328. The summed E-state index contributed by atoms with van der Waals surface area (Å²) in [5.41, 5.74) is 0. The third kappa shape index (κ3) is 2.04. The zero-order valence-corrected chi connectivity index (χ0v) is 7.16. The van der Waals surface area contributed by atoms with Gasteiger partial charge in [-0.05, 0) is 11.8 Å². The molecule has 1 fully saturated rings. The Morgan fingerprint density at radius 3 is 2.82 bits per heavy atom. The van der Waals surface area contributed by atoms with Crippen LogP contribution < -0.4 is 0 Å². The van der Waals surface area contributed by atoms with Crippen LogP contribution in [0.15, 0.2) is 12.7 Å². The van der Waals surface area contributed by atoms with Crippen LogP contribution in [0.2, 0.25) is 0 Å². The van der Waals surface area contributed by atoms with E-state index in [9.17, 15) is 0 Å². The molecule has 0 aromatic carbocycles. The van der Waals surface area contributed by atoms with Crippen molar-refractivity contribution < 1.29 is 5.11 Å². The van der Waals surface area contributed by atoms with Crippen LogP contribution in [0.3, 0.4) is 0 Å². The van der Waals surface area contributed by atoms with E-state index in [2.05, 4.69) is 18.4 Å². The number of likely N-dealkylation sites (tertiary alicyclic amines) is 1. The maximum atomic E-state index is 8.97. The van der Waals surface area contributed by atoms with Gasteiger partial charge >= 0.3 is 0 Å². The van der Waals surface area contributed by atoms with Crippen molar-refractivity contribution in [3.8, 4) is 0 Å². The Labute approximate surface area is 68.5 Å². The molecule has 1 aliphatic heterocycles. The van der Waals surface area contributed by atoms with E-state index >= 15 is 0 Å². The van der Waals surface area contributed by atoms with Gasteiger partial charge in [0.25, 0.3) is 0 Å². The number of nitrogens with zero attached hydrogens (tertiary/aromatic N) is 1. The Morgan fingerprint density at radius 1 is 1.64 bits per heavy atom.